The van der Waals surface area contributed by atoms with Crippen LogP contribution >= 0.6 is 11.6 Å². The van der Waals surface area contributed by atoms with E-state index in [0.29, 0.717) is 29.2 Å². The molecule has 3 aromatic rings. The summed E-state index contributed by atoms with van der Waals surface area (Å²) in [6, 6.07) is 9.21. The van der Waals surface area contributed by atoms with Crippen molar-refractivity contribution in [1.29, 1.82) is 0 Å². The van der Waals surface area contributed by atoms with Gasteiger partial charge in [0, 0.05) is 12.0 Å². The molecule has 0 saturated heterocycles. The third-order valence-corrected chi connectivity index (χ3v) is 7.85. The Labute approximate surface area is 247 Å². The normalized spacial score (nSPS) is 14.9. The first-order chi connectivity index (χ1) is 20.2. The molecule has 2 atom stereocenters. The van der Waals surface area contributed by atoms with Gasteiger partial charge in [0.25, 0.3) is 5.91 Å². The number of carbonyl (C=O) groups is 3. The number of ether oxygens (including phenoxy) is 2. The molecule has 222 valence electrons. The second kappa shape index (κ2) is 14.0. The lowest BCUT2D eigenvalue weighted by Crippen LogP contribution is -2.43. The summed E-state index contributed by atoms with van der Waals surface area (Å²) in [5.74, 6) is -1.68. The maximum absolute atomic E-state index is 13.1. The van der Waals surface area contributed by atoms with Crippen molar-refractivity contribution in [3.8, 4) is 11.3 Å². The molecule has 12 nitrogen and oxygen atoms in total. The maximum atomic E-state index is 13.1. The molecule has 4 rings (SSSR count). The van der Waals surface area contributed by atoms with Crippen molar-refractivity contribution in [2.45, 2.75) is 57.0 Å². The number of aromatic nitrogens is 3. The number of amides is 1. The number of para-hydroxylation sites is 1. The second-order valence-corrected chi connectivity index (χ2v) is 10.6. The highest BCUT2D eigenvalue weighted by molar-refractivity contribution is 6.33. The first kappa shape index (κ1) is 30.6. The highest BCUT2D eigenvalue weighted by Crippen LogP contribution is 2.34. The fourth-order valence-corrected chi connectivity index (χ4v) is 5.70. The van der Waals surface area contributed by atoms with Crippen molar-refractivity contribution in [2.24, 2.45) is 5.92 Å². The number of nitrogens with zero attached hydrogens (tertiary/aromatic N) is 4. The van der Waals surface area contributed by atoms with E-state index in [2.05, 4.69) is 15.6 Å². The standard InChI is InChI=1S/C29H32ClN5O7/c1-41-28(37)23(32-27(36)21-13-8-14-22(30)26(21)35(39)40)16-19-11-6-7-12-20(19)25-17-31-33-34(25)24(29(38)42-2)15-18-9-4-3-5-10-18/h6-8,11-14,17-18,23-24H,3-5,9-10,15-16H2,1-2H3,(H,32,36)/t23-,24+/m1/s1. The Balaban J connectivity index is 1.66. The lowest BCUT2D eigenvalue weighted by molar-refractivity contribution is -0.385. The van der Waals surface area contributed by atoms with Gasteiger partial charge in [0.2, 0.25) is 0 Å². The summed E-state index contributed by atoms with van der Waals surface area (Å²) in [6.07, 6.45) is 7.54. The van der Waals surface area contributed by atoms with Crippen molar-refractivity contribution in [1.82, 2.24) is 20.3 Å². The van der Waals surface area contributed by atoms with Crippen molar-refractivity contribution in [3.05, 3.63) is 74.9 Å². The van der Waals surface area contributed by atoms with Gasteiger partial charge < -0.3 is 14.8 Å². The van der Waals surface area contributed by atoms with Crippen molar-refractivity contribution in [2.75, 3.05) is 14.2 Å². The number of carbonyl (C=O) groups excluding carboxylic acids is 3. The van der Waals surface area contributed by atoms with Crippen LogP contribution in [0.4, 0.5) is 5.69 Å². The maximum Gasteiger partial charge on any atom is 0.330 e. The number of halogens is 1. The van der Waals surface area contributed by atoms with Crippen LogP contribution in [0.2, 0.25) is 5.02 Å². The third kappa shape index (κ3) is 6.93. The molecule has 1 aromatic heterocycles. The number of nitro benzene ring substituents is 1. The number of rotatable bonds is 11. The van der Waals surface area contributed by atoms with Crippen LogP contribution < -0.4 is 5.32 Å². The average molecular weight is 598 g/mol. The molecule has 1 saturated carbocycles. The van der Waals surface area contributed by atoms with E-state index in [-0.39, 0.29) is 17.0 Å². The molecule has 13 heteroatoms. The van der Waals surface area contributed by atoms with Gasteiger partial charge in [-0.25, -0.2) is 14.3 Å². The first-order valence-corrected chi connectivity index (χ1v) is 14.0. The molecule has 1 N–H and O–H groups in total. The van der Waals surface area contributed by atoms with E-state index in [4.69, 9.17) is 21.1 Å². The van der Waals surface area contributed by atoms with E-state index in [0.717, 1.165) is 25.7 Å². The first-order valence-electron chi connectivity index (χ1n) is 13.6. The lowest BCUT2D eigenvalue weighted by atomic mass is 9.84. The zero-order chi connectivity index (χ0) is 30.2. The van der Waals surface area contributed by atoms with Crippen molar-refractivity contribution < 1.29 is 28.8 Å². The number of benzene rings is 2. The smallest absolute Gasteiger partial charge is 0.330 e. The molecular weight excluding hydrogens is 566 g/mol. The van der Waals surface area contributed by atoms with Gasteiger partial charge >= 0.3 is 17.6 Å². The zero-order valence-corrected chi connectivity index (χ0v) is 24.1. The van der Waals surface area contributed by atoms with E-state index >= 15 is 0 Å². The quantitative estimate of drug-likeness (QED) is 0.188. The van der Waals surface area contributed by atoms with Crippen LogP contribution in [0.25, 0.3) is 11.3 Å². The molecule has 1 aliphatic carbocycles. The number of esters is 2. The number of nitro groups is 1. The monoisotopic (exact) mass is 597 g/mol. The molecule has 0 spiro atoms. The predicted octanol–water partition coefficient (Wildman–Crippen LogP) is 4.71. The lowest BCUT2D eigenvalue weighted by Gasteiger charge is -2.26. The van der Waals surface area contributed by atoms with Crippen LogP contribution in [-0.4, -0.2) is 58.0 Å². The summed E-state index contributed by atoms with van der Waals surface area (Å²) in [4.78, 5) is 49.7. The van der Waals surface area contributed by atoms with Gasteiger partial charge in [-0.05, 0) is 30.0 Å². The van der Waals surface area contributed by atoms with Crippen molar-refractivity contribution in [3.63, 3.8) is 0 Å². The van der Waals surface area contributed by atoms with E-state index < -0.39 is 40.5 Å². The summed E-state index contributed by atoms with van der Waals surface area (Å²) < 4.78 is 11.6. The molecule has 1 fully saturated rings. The Morgan fingerprint density at radius 3 is 2.48 bits per heavy atom. The van der Waals surface area contributed by atoms with Crippen LogP contribution in [0, 0.1) is 16.0 Å². The molecule has 0 bridgehead atoms. The minimum absolute atomic E-state index is 0.0281. The molecule has 0 unspecified atom stereocenters. The predicted molar refractivity (Wildman–Crippen MR) is 153 cm³/mol. The molecule has 42 heavy (non-hydrogen) atoms. The Bertz CT molecular complexity index is 1450. The molecule has 0 radical (unpaired) electrons. The number of hydrogen-bond acceptors (Lipinski definition) is 9. The van der Waals surface area contributed by atoms with E-state index in [1.807, 2.05) is 0 Å². The third-order valence-electron chi connectivity index (χ3n) is 7.55. The van der Waals surface area contributed by atoms with Gasteiger partial charge in [0.1, 0.15) is 16.6 Å². The summed E-state index contributed by atoms with van der Waals surface area (Å²) in [7, 11) is 2.52. The fraction of sp³-hybridized carbons (Fsp3) is 0.414. The molecule has 1 amide bonds. The van der Waals surface area contributed by atoms with Crippen LogP contribution in [0.3, 0.4) is 0 Å². The van der Waals surface area contributed by atoms with Crippen LogP contribution in [0.5, 0.6) is 0 Å². The molecule has 2 aromatic carbocycles. The Hall–Kier alpha value is -4.32. The summed E-state index contributed by atoms with van der Waals surface area (Å²) >= 11 is 5.98. The van der Waals surface area contributed by atoms with Crippen molar-refractivity contribution >= 4 is 35.1 Å². The molecule has 1 heterocycles. The van der Waals surface area contributed by atoms with Gasteiger partial charge in [-0.1, -0.05) is 79.3 Å². The highest BCUT2D eigenvalue weighted by atomic mass is 35.5. The van der Waals surface area contributed by atoms with Gasteiger partial charge in [-0.3, -0.25) is 14.9 Å². The van der Waals surface area contributed by atoms with Gasteiger partial charge in [0.15, 0.2) is 6.04 Å². The Morgan fingerprint density at radius 2 is 1.79 bits per heavy atom. The molecule has 1 aliphatic rings. The summed E-state index contributed by atoms with van der Waals surface area (Å²) in [6.45, 7) is 0. The number of nitrogens with one attached hydrogen (secondary N) is 1. The topological polar surface area (TPSA) is 156 Å². The highest BCUT2D eigenvalue weighted by Gasteiger charge is 2.32. The Kier molecular flexibility index (Phi) is 10.2. The Morgan fingerprint density at radius 1 is 1.07 bits per heavy atom. The SMILES string of the molecule is COC(=O)[C@@H](Cc1ccccc1-c1cnnn1[C@@H](CC1CCCCC1)C(=O)OC)NC(=O)c1cccc(Cl)c1[N+](=O)[O-]. The summed E-state index contributed by atoms with van der Waals surface area (Å²) in [5.41, 5.74) is 0.941. The van der Waals surface area contributed by atoms with E-state index in [9.17, 15) is 24.5 Å². The summed E-state index contributed by atoms with van der Waals surface area (Å²) in [5, 5.41) is 22.3. The van der Waals surface area contributed by atoms with Gasteiger partial charge in [-0.15, -0.1) is 5.10 Å². The van der Waals surface area contributed by atoms with Crippen LogP contribution in [0.1, 0.15) is 60.5 Å². The largest absolute Gasteiger partial charge is 0.467 e. The average Bonchev–Trinajstić information content (AvgIpc) is 3.48. The van der Waals surface area contributed by atoms with E-state index in [1.165, 1.54) is 45.0 Å². The fourth-order valence-electron chi connectivity index (χ4n) is 5.46. The minimum Gasteiger partial charge on any atom is -0.467 e. The van der Waals surface area contributed by atoms with Crippen LogP contribution in [0.15, 0.2) is 48.7 Å². The number of methoxy groups -OCH3 is 2. The van der Waals surface area contributed by atoms with Gasteiger partial charge in [0.05, 0.1) is 31.0 Å². The molecular formula is C29H32ClN5O7. The second-order valence-electron chi connectivity index (χ2n) is 10.1. The minimum atomic E-state index is -1.20. The number of hydrogen-bond donors (Lipinski definition) is 1. The van der Waals surface area contributed by atoms with Gasteiger partial charge in [-0.2, -0.15) is 0 Å². The van der Waals surface area contributed by atoms with Crippen LogP contribution in [-0.2, 0) is 25.5 Å². The molecule has 0 aliphatic heterocycles. The van der Waals surface area contributed by atoms with E-state index in [1.54, 1.807) is 28.9 Å². The zero-order valence-electron chi connectivity index (χ0n) is 23.3.